The first-order valence-corrected chi connectivity index (χ1v) is 7.36. The lowest BCUT2D eigenvalue weighted by Crippen LogP contribution is -2.47. The predicted molar refractivity (Wildman–Crippen MR) is 80.7 cm³/mol. The fraction of sp³-hybridized carbons (Fsp3) is 0.438. The lowest BCUT2D eigenvalue weighted by molar-refractivity contribution is -0.384. The molecule has 1 N–H and O–H groups in total. The molecule has 0 heterocycles. The zero-order chi connectivity index (χ0) is 17.0. The number of non-ortho nitro benzene ring substituents is 1. The van der Waals surface area contributed by atoms with Gasteiger partial charge in [-0.2, -0.15) is 0 Å². The number of amides is 1. The van der Waals surface area contributed by atoms with E-state index in [0.717, 1.165) is 0 Å². The Hall–Kier alpha value is -2.57. The van der Waals surface area contributed by atoms with Crippen LogP contribution in [-0.4, -0.2) is 22.4 Å². The average Bonchev–Trinajstić information content (AvgIpc) is 2.84. The molecule has 0 radical (unpaired) electrons. The molecule has 2 atom stereocenters. The number of benzene rings is 1. The first kappa shape index (κ1) is 15.3. The molecule has 1 aromatic rings. The highest BCUT2D eigenvalue weighted by atomic mass is 16.6. The molecule has 7 heteroatoms. The van der Waals surface area contributed by atoms with Crippen LogP contribution in [0.1, 0.15) is 26.7 Å². The molecule has 2 aliphatic rings. The average molecular weight is 316 g/mol. The van der Waals surface area contributed by atoms with Crippen molar-refractivity contribution in [2.75, 3.05) is 5.32 Å². The van der Waals surface area contributed by atoms with E-state index < -0.39 is 39.1 Å². The second-order valence-corrected chi connectivity index (χ2v) is 6.67. The van der Waals surface area contributed by atoms with Gasteiger partial charge in [0.05, 0.1) is 4.92 Å². The third-order valence-electron chi connectivity index (χ3n) is 5.41. The Morgan fingerprint density at radius 1 is 1.35 bits per heavy atom. The molecule has 0 aliphatic heterocycles. The maximum atomic E-state index is 12.8. The molecule has 7 nitrogen and oxygen atoms in total. The Morgan fingerprint density at radius 2 is 2.04 bits per heavy atom. The van der Waals surface area contributed by atoms with Crippen molar-refractivity contribution in [1.29, 1.82) is 0 Å². The molecule has 0 spiro atoms. The smallest absolute Gasteiger partial charge is 0.271 e. The Balaban J connectivity index is 1.95. The summed E-state index contributed by atoms with van der Waals surface area (Å²) in [6.07, 6.45) is 0.843. The van der Waals surface area contributed by atoms with Crippen molar-refractivity contribution in [3.63, 3.8) is 0 Å². The summed E-state index contributed by atoms with van der Waals surface area (Å²) < 4.78 is 0. The maximum Gasteiger partial charge on any atom is 0.271 e. The molecule has 1 aromatic carbocycles. The third kappa shape index (κ3) is 1.85. The molecule has 120 valence electrons. The molecule has 2 bridgehead atoms. The van der Waals surface area contributed by atoms with Crippen LogP contribution < -0.4 is 5.32 Å². The van der Waals surface area contributed by atoms with Crippen molar-refractivity contribution in [3.8, 4) is 0 Å². The second-order valence-electron chi connectivity index (χ2n) is 6.67. The number of carbonyl (C=O) groups is 3. The lowest BCUT2D eigenvalue weighted by Gasteiger charge is -2.33. The molecule has 2 fully saturated rings. The number of nitro groups is 1. The Morgan fingerprint density at radius 3 is 2.61 bits per heavy atom. The van der Waals surface area contributed by atoms with E-state index in [9.17, 15) is 24.5 Å². The van der Waals surface area contributed by atoms with E-state index in [-0.39, 0.29) is 11.4 Å². The number of ketones is 2. The highest BCUT2D eigenvalue weighted by Gasteiger charge is 2.72. The van der Waals surface area contributed by atoms with Crippen molar-refractivity contribution in [2.45, 2.75) is 26.7 Å². The van der Waals surface area contributed by atoms with Crippen LogP contribution >= 0.6 is 0 Å². The van der Waals surface area contributed by atoms with Gasteiger partial charge < -0.3 is 5.32 Å². The third-order valence-corrected chi connectivity index (χ3v) is 5.41. The zero-order valence-electron chi connectivity index (χ0n) is 12.8. The number of carbonyl (C=O) groups excluding carboxylic acids is 3. The Labute approximate surface area is 132 Å². The van der Waals surface area contributed by atoms with E-state index in [4.69, 9.17) is 0 Å². The van der Waals surface area contributed by atoms with Crippen LogP contribution in [-0.2, 0) is 14.4 Å². The molecule has 3 rings (SSSR count). The summed E-state index contributed by atoms with van der Waals surface area (Å²) in [5.74, 6) is -2.09. The van der Waals surface area contributed by atoms with E-state index in [0.29, 0.717) is 12.8 Å². The minimum Gasteiger partial charge on any atom is -0.325 e. The molecule has 2 unspecified atom stereocenters. The minimum atomic E-state index is -1.38. The van der Waals surface area contributed by atoms with E-state index in [1.54, 1.807) is 13.8 Å². The van der Waals surface area contributed by atoms with Gasteiger partial charge >= 0.3 is 0 Å². The maximum absolute atomic E-state index is 12.8. The second kappa shape index (κ2) is 4.71. The van der Waals surface area contributed by atoms with E-state index in [1.165, 1.54) is 24.3 Å². The molecule has 1 amide bonds. The number of nitrogens with zero attached hydrogens (tertiary/aromatic N) is 1. The number of nitro benzene ring substituents is 1. The SMILES string of the molecule is CC1(C)C2CCC1(C(=O)Nc1cccc([N+](=O)[O-])c1)C(=O)C2=O. The van der Waals surface area contributed by atoms with Crippen LogP contribution in [0.25, 0.3) is 0 Å². The number of fused-ring (bicyclic) bond motifs is 2. The van der Waals surface area contributed by atoms with Crippen LogP contribution in [0.3, 0.4) is 0 Å². The fourth-order valence-electron chi connectivity index (χ4n) is 4.02. The predicted octanol–water partition coefficient (Wildman–Crippen LogP) is 2.11. The largest absolute Gasteiger partial charge is 0.325 e. The Bertz CT molecular complexity index is 755. The van der Waals surface area contributed by atoms with Gasteiger partial charge in [-0.15, -0.1) is 0 Å². The van der Waals surface area contributed by atoms with E-state index >= 15 is 0 Å². The zero-order valence-corrected chi connectivity index (χ0v) is 12.8. The van der Waals surface area contributed by atoms with Gasteiger partial charge in [0.25, 0.3) is 5.69 Å². The van der Waals surface area contributed by atoms with Crippen molar-refractivity contribution >= 4 is 28.8 Å². The normalized spacial score (nSPS) is 28.0. The molecule has 2 aliphatic carbocycles. The minimum absolute atomic E-state index is 0.155. The van der Waals surface area contributed by atoms with Gasteiger partial charge in [-0.25, -0.2) is 0 Å². The number of hydrogen-bond donors (Lipinski definition) is 1. The summed E-state index contributed by atoms with van der Waals surface area (Å²) in [4.78, 5) is 47.5. The summed E-state index contributed by atoms with van der Waals surface area (Å²) in [7, 11) is 0. The molecule has 0 saturated heterocycles. The standard InChI is InChI=1S/C16H16N2O5/c1-15(2)11-6-7-16(15,13(20)12(11)19)14(21)17-9-4-3-5-10(8-9)18(22)23/h3-5,8,11H,6-7H2,1-2H3,(H,17,21). The summed E-state index contributed by atoms with van der Waals surface area (Å²) in [6, 6.07) is 5.51. The van der Waals surface area contributed by atoms with Gasteiger partial charge in [0.1, 0.15) is 5.41 Å². The first-order chi connectivity index (χ1) is 10.7. The highest BCUT2D eigenvalue weighted by Crippen LogP contribution is 2.62. The van der Waals surface area contributed by atoms with Gasteiger partial charge in [0.2, 0.25) is 17.5 Å². The van der Waals surface area contributed by atoms with Crippen molar-refractivity contribution in [1.82, 2.24) is 0 Å². The summed E-state index contributed by atoms with van der Waals surface area (Å²) >= 11 is 0. The summed E-state index contributed by atoms with van der Waals surface area (Å²) in [6.45, 7) is 3.53. The van der Waals surface area contributed by atoms with E-state index in [2.05, 4.69) is 5.32 Å². The number of rotatable bonds is 3. The van der Waals surface area contributed by atoms with Gasteiger partial charge in [0.15, 0.2) is 0 Å². The molecule has 2 saturated carbocycles. The van der Waals surface area contributed by atoms with Crippen LogP contribution in [0.4, 0.5) is 11.4 Å². The van der Waals surface area contributed by atoms with Crippen LogP contribution in [0, 0.1) is 26.9 Å². The van der Waals surface area contributed by atoms with Crippen molar-refractivity contribution in [2.24, 2.45) is 16.7 Å². The monoisotopic (exact) mass is 316 g/mol. The quantitative estimate of drug-likeness (QED) is 0.398. The molecule has 23 heavy (non-hydrogen) atoms. The number of anilines is 1. The van der Waals surface area contributed by atoms with Crippen LogP contribution in [0.15, 0.2) is 24.3 Å². The number of nitrogens with one attached hydrogen (secondary N) is 1. The molecule has 0 aromatic heterocycles. The number of Topliss-reactive ketones (excluding diaryl/α,β-unsaturated/α-hetero) is 2. The van der Waals surface area contributed by atoms with Crippen LogP contribution in [0.5, 0.6) is 0 Å². The number of hydrogen-bond acceptors (Lipinski definition) is 5. The first-order valence-electron chi connectivity index (χ1n) is 7.36. The van der Waals surface area contributed by atoms with Crippen molar-refractivity contribution < 1.29 is 19.3 Å². The van der Waals surface area contributed by atoms with Gasteiger partial charge in [-0.1, -0.05) is 19.9 Å². The van der Waals surface area contributed by atoms with Gasteiger partial charge in [0, 0.05) is 23.7 Å². The Kier molecular flexibility index (Phi) is 3.14. The van der Waals surface area contributed by atoms with E-state index in [1.807, 2.05) is 0 Å². The fourth-order valence-corrected chi connectivity index (χ4v) is 4.02. The highest BCUT2D eigenvalue weighted by molar-refractivity contribution is 6.48. The topological polar surface area (TPSA) is 106 Å². The van der Waals surface area contributed by atoms with Crippen LogP contribution in [0.2, 0.25) is 0 Å². The summed E-state index contributed by atoms with van der Waals surface area (Å²) in [5, 5.41) is 13.4. The van der Waals surface area contributed by atoms with Crippen molar-refractivity contribution in [3.05, 3.63) is 34.4 Å². The molecular weight excluding hydrogens is 300 g/mol. The lowest BCUT2D eigenvalue weighted by atomic mass is 9.68. The van der Waals surface area contributed by atoms with Gasteiger partial charge in [-0.05, 0) is 24.3 Å². The van der Waals surface area contributed by atoms with Gasteiger partial charge in [-0.3, -0.25) is 24.5 Å². The summed E-state index contributed by atoms with van der Waals surface area (Å²) in [5.41, 5.74) is -2.03. The molecular formula is C16H16N2O5.